The molecule has 0 aliphatic heterocycles. The van der Waals surface area contributed by atoms with Gasteiger partial charge in [-0.15, -0.1) is 0 Å². The average Bonchev–Trinajstić information content (AvgIpc) is 2.79. The fourth-order valence-electron chi connectivity index (χ4n) is 2.38. The monoisotopic (exact) mass is 458 g/mol. The zero-order valence-corrected chi connectivity index (χ0v) is 19.2. The van der Waals surface area contributed by atoms with Crippen molar-refractivity contribution >= 4 is 36.0 Å². The molecule has 1 amide bonds. The third kappa shape index (κ3) is 4.80. The summed E-state index contributed by atoms with van der Waals surface area (Å²) in [5.41, 5.74) is 0.619. The van der Waals surface area contributed by atoms with Gasteiger partial charge in [0.1, 0.15) is 4.60 Å². The second kappa shape index (κ2) is 7.76. The summed E-state index contributed by atoms with van der Waals surface area (Å²) in [6.07, 6.45) is -1.06. The van der Waals surface area contributed by atoms with Crippen LogP contribution in [0.25, 0.3) is 5.65 Å². The van der Waals surface area contributed by atoms with E-state index in [0.29, 0.717) is 22.6 Å². The number of halogens is 1. The number of amides is 1. The van der Waals surface area contributed by atoms with Crippen LogP contribution < -0.4 is 5.56 Å². The van der Waals surface area contributed by atoms with Crippen LogP contribution in [-0.2, 0) is 18.0 Å². The first kappa shape index (κ1) is 21.6. The predicted molar refractivity (Wildman–Crippen MR) is 110 cm³/mol. The highest BCUT2D eigenvalue weighted by atomic mass is 79.9. The Kier molecular flexibility index (Phi) is 6.22. The van der Waals surface area contributed by atoms with Crippen molar-refractivity contribution in [1.82, 2.24) is 19.1 Å². The predicted octanol–water partition coefficient (Wildman–Crippen LogP) is 3.30. The second-order valence-corrected chi connectivity index (χ2v) is 13.7. The number of carboxylic acid groups (broad SMARTS) is 1. The van der Waals surface area contributed by atoms with Gasteiger partial charge in [0, 0.05) is 25.7 Å². The highest BCUT2D eigenvalue weighted by Gasteiger charge is 2.37. The number of fused-ring (bicyclic) bond motifs is 1. The van der Waals surface area contributed by atoms with E-state index in [9.17, 15) is 14.7 Å². The highest BCUT2D eigenvalue weighted by Crippen LogP contribution is 2.36. The molecule has 0 saturated carbocycles. The molecule has 0 aromatic carbocycles. The Morgan fingerprint density at radius 3 is 2.56 bits per heavy atom. The van der Waals surface area contributed by atoms with Crippen molar-refractivity contribution in [2.24, 2.45) is 7.05 Å². The molecule has 0 saturated heterocycles. The summed E-state index contributed by atoms with van der Waals surface area (Å²) in [5.74, 6) is 0. The third-order valence-corrected chi connectivity index (χ3v) is 10.4. The molecule has 0 fully saturated rings. The fraction of sp³-hybridized carbons (Fsp3) is 0.588. The summed E-state index contributed by atoms with van der Waals surface area (Å²) in [6.45, 7) is 11.2. The Hall–Kier alpha value is -1.65. The summed E-state index contributed by atoms with van der Waals surface area (Å²) >= 11 is 3.36. The minimum atomic E-state index is -1.94. The molecule has 0 bridgehead atoms. The van der Waals surface area contributed by atoms with Gasteiger partial charge in [-0.2, -0.15) is 4.52 Å². The normalized spacial score (nSPS) is 12.6. The van der Waals surface area contributed by atoms with E-state index in [0.717, 1.165) is 0 Å². The summed E-state index contributed by atoms with van der Waals surface area (Å²) < 4.78 is 9.82. The summed E-state index contributed by atoms with van der Waals surface area (Å²) in [6, 6.07) is 3.08. The third-order valence-electron chi connectivity index (χ3n) is 5.09. The van der Waals surface area contributed by atoms with Crippen LogP contribution in [-0.4, -0.2) is 51.7 Å². The van der Waals surface area contributed by atoms with Gasteiger partial charge in [-0.25, -0.2) is 9.78 Å². The minimum Gasteiger partial charge on any atom is -0.465 e. The molecule has 0 unspecified atom stereocenters. The van der Waals surface area contributed by atoms with Gasteiger partial charge in [0.15, 0.2) is 14.0 Å². The molecule has 2 heterocycles. The molecular weight excluding hydrogens is 432 g/mol. The van der Waals surface area contributed by atoms with Crippen LogP contribution in [0.15, 0.2) is 21.5 Å². The van der Waals surface area contributed by atoms with Crippen LogP contribution in [0.1, 0.15) is 26.5 Å². The van der Waals surface area contributed by atoms with Crippen molar-refractivity contribution in [3.63, 3.8) is 0 Å². The average molecular weight is 459 g/mol. The second-order valence-electron chi connectivity index (χ2n) is 8.06. The van der Waals surface area contributed by atoms with Crippen molar-refractivity contribution in [3.05, 3.63) is 32.8 Å². The van der Waals surface area contributed by atoms with Gasteiger partial charge in [-0.3, -0.25) is 9.48 Å². The van der Waals surface area contributed by atoms with Crippen LogP contribution >= 0.6 is 15.9 Å². The molecule has 0 radical (unpaired) electrons. The summed E-state index contributed by atoms with van der Waals surface area (Å²) in [5, 5.41) is 9.57. The van der Waals surface area contributed by atoms with Gasteiger partial charge in [0.2, 0.25) is 0 Å². The van der Waals surface area contributed by atoms with Crippen LogP contribution in [0.4, 0.5) is 4.79 Å². The molecule has 0 atom stereocenters. The van der Waals surface area contributed by atoms with E-state index in [1.54, 1.807) is 17.8 Å². The Balaban J connectivity index is 2.14. The number of aryl methyl sites for hydroxylation is 1. The van der Waals surface area contributed by atoms with Crippen molar-refractivity contribution in [3.8, 4) is 0 Å². The lowest BCUT2D eigenvalue weighted by Gasteiger charge is -2.36. The van der Waals surface area contributed by atoms with E-state index < -0.39 is 14.4 Å². The molecule has 8 nitrogen and oxygen atoms in total. The maximum atomic E-state index is 12.3. The zero-order valence-electron chi connectivity index (χ0n) is 16.6. The van der Waals surface area contributed by atoms with Gasteiger partial charge in [0.05, 0.1) is 18.8 Å². The molecule has 0 aliphatic carbocycles. The van der Waals surface area contributed by atoms with Crippen LogP contribution in [0, 0.1) is 0 Å². The van der Waals surface area contributed by atoms with E-state index >= 15 is 0 Å². The molecule has 2 rings (SSSR count). The lowest BCUT2D eigenvalue weighted by molar-refractivity contribution is 0.129. The van der Waals surface area contributed by atoms with Crippen LogP contribution in [0.3, 0.4) is 0 Å². The number of nitrogens with zero attached hydrogens (tertiary/aromatic N) is 4. The van der Waals surface area contributed by atoms with Gasteiger partial charge >= 0.3 is 6.09 Å². The van der Waals surface area contributed by atoms with Gasteiger partial charge in [-0.1, -0.05) is 20.8 Å². The first-order valence-electron chi connectivity index (χ1n) is 8.69. The van der Waals surface area contributed by atoms with Crippen molar-refractivity contribution in [1.29, 1.82) is 0 Å². The van der Waals surface area contributed by atoms with E-state index in [1.165, 1.54) is 15.5 Å². The van der Waals surface area contributed by atoms with Gasteiger partial charge < -0.3 is 14.4 Å². The molecule has 10 heteroatoms. The maximum Gasteiger partial charge on any atom is 0.407 e. The van der Waals surface area contributed by atoms with Gasteiger partial charge in [-0.05, 0) is 34.1 Å². The molecule has 27 heavy (non-hydrogen) atoms. The van der Waals surface area contributed by atoms with Crippen LogP contribution in [0.2, 0.25) is 18.1 Å². The van der Waals surface area contributed by atoms with E-state index in [-0.39, 0.29) is 23.7 Å². The standard InChI is InChI=1S/C17H27BrN4O4Si/c1-17(2,3)27(5,6)26-8-7-21(16(24)25)11-12-9-15(23)22-14(19-12)10-13(18)20(22)4/h9-10H,7-8,11H2,1-6H3,(H,24,25). The Bertz CT molecular complexity index is 901. The Labute approximate surface area is 168 Å². The summed E-state index contributed by atoms with van der Waals surface area (Å²) in [4.78, 5) is 29.6. The van der Waals surface area contributed by atoms with Crippen molar-refractivity contribution in [2.75, 3.05) is 13.2 Å². The zero-order chi connectivity index (χ0) is 20.6. The first-order chi connectivity index (χ1) is 12.3. The summed E-state index contributed by atoms with van der Waals surface area (Å²) in [7, 11) is -0.206. The largest absolute Gasteiger partial charge is 0.465 e. The van der Waals surface area contributed by atoms with E-state index in [4.69, 9.17) is 4.43 Å². The quantitative estimate of drug-likeness (QED) is 0.670. The van der Waals surface area contributed by atoms with Gasteiger partial charge in [0.25, 0.3) is 5.56 Å². The molecule has 1 N–H and O–H groups in total. The molecule has 0 spiro atoms. The molecule has 0 aliphatic rings. The number of hydrogen-bond donors (Lipinski definition) is 1. The molecular formula is C17H27BrN4O4Si. The van der Waals surface area contributed by atoms with Crippen molar-refractivity contribution < 1.29 is 14.3 Å². The number of carbonyl (C=O) groups is 1. The van der Waals surface area contributed by atoms with Crippen molar-refractivity contribution in [2.45, 2.75) is 45.4 Å². The topological polar surface area (TPSA) is 89.1 Å². The first-order valence-corrected chi connectivity index (χ1v) is 12.4. The highest BCUT2D eigenvalue weighted by molar-refractivity contribution is 9.10. The number of aromatic nitrogens is 3. The SMILES string of the molecule is Cn1c(Br)cc2nc(CN(CCO[Si](C)(C)C(C)(C)C)C(=O)O)cc(=O)n21. The maximum absolute atomic E-state index is 12.3. The lowest BCUT2D eigenvalue weighted by atomic mass is 10.2. The molecule has 2 aromatic heterocycles. The van der Waals surface area contributed by atoms with E-state index in [1.807, 2.05) is 0 Å². The molecule has 2 aromatic rings. The number of hydrogen-bond acceptors (Lipinski definition) is 4. The fourth-order valence-corrected chi connectivity index (χ4v) is 3.78. The van der Waals surface area contributed by atoms with E-state index in [2.05, 4.69) is 54.8 Å². The Morgan fingerprint density at radius 2 is 2.00 bits per heavy atom. The minimum absolute atomic E-state index is 0.0362. The number of rotatable bonds is 6. The lowest BCUT2D eigenvalue weighted by Crippen LogP contribution is -2.43. The van der Waals surface area contributed by atoms with Crippen LogP contribution in [0.5, 0.6) is 0 Å². The smallest absolute Gasteiger partial charge is 0.407 e. The Morgan fingerprint density at radius 1 is 1.37 bits per heavy atom. The molecule has 150 valence electrons.